The number of methoxy groups -OCH3 is 1. The second kappa shape index (κ2) is 7.82. The molecule has 1 saturated heterocycles. The molecule has 2 rings (SSSR count). The molecule has 1 aliphatic rings. The largest absolute Gasteiger partial charge is 0.383 e. The van der Waals surface area contributed by atoms with Crippen LogP contribution in [-0.2, 0) is 11.3 Å². The number of ether oxygens (including phenoxy) is 1. The van der Waals surface area contributed by atoms with Crippen molar-refractivity contribution in [3.63, 3.8) is 0 Å². The van der Waals surface area contributed by atoms with E-state index in [1.54, 1.807) is 18.4 Å². The fourth-order valence-electron chi connectivity index (χ4n) is 2.46. The van der Waals surface area contributed by atoms with E-state index in [0.717, 1.165) is 31.9 Å². The monoisotopic (exact) mass is 283 g/mol. The zero-order valence-electron chi connectivity index (χ0n) is 12.0. The molecule has 4 nitrogen and oxygen atoms in total. The summed E-state index contributed by atoms with van der Waals surface area (Å²) in [7, 11) is 1.73. The lowest BCUT2D eigenvalue weighted by atomic mass is 10.1. The van der Waals surface area contributed by atoms with E-state index in [9.17, 15) is 0 Å². The molecule has 1 aromatic rings. The third-order valence-corrected chi connectivity index (χ3v) is 4.55. The maximum atomic E-state index is 5.02. The fourth-order valence-corrected chi connectivity index (χ4v) is 3.41. The summed E-state index contributed by atoms with van der Waals surface area (Å²) in [5.41, 5.74) is 1.15. The summed E-state index contributed by atoms with van der Waals surface area (Å²) in [5, 5.41) is 6.71. The Bertz CT molecular complexity index is 369. The minimum atomic E-state index is 0.628. The first kappa shape index (κ1) is 14.8. The van der Waals surface area contributed by atoms with Gasteiger partial charge in [-0.25, -0.2) is 4.98 Å². The van der Waals surface area contributed by atoms with Crippen LogP contribution in [0.25, 0.3) is 0 Å². The van der Waals surface area contributed by atoms with Gasteiger partial charge in [0.05, 0.1) is 12.3 Å². The third-order valence-electron chi connectivity index (χ3n) is 3.63. The molecule has 0 aliphatic carbocycles. The standard InChI is InChI=1S/C14H25N3OS/c1-12-6-4-3-5-8-17(12)14-16-13(11-19-14)10-15-7-9-18-2/h11-12,15H,3-10H2,1-2H3. The molecule has 1 N–H and O–H groups in total. The van der Waals surface area contributed by atoms with Crippen molar-refractivity contribution in [1.82, 2.24) is 10.3 Å². The summed E-state index contributed by atoms with van der Waals surface area (Å²) in [4.78, 5) is 7.25. The Hall–Kier alpha value is -0.650. The van der Waals surface area contributed by atoms with E-state index in [0.29, 0.717) is 6.04 Å². The number of hydrogen-bond acceptors (Lipinski definition) is 5. The smallest absolute Gasteiger partial charge is 0.185 e. The van der Waals surface area contributed by atoms with Crippen LogP contribution < -0.4 is 10.2 Å². The van der Waals surface area contributed by atoms with Gasteiger partial charge in [-0.3, -0.25) is 0 Å². The van der Waals surface area contributed by atoms with Gasteiger partial charge in [-0.15, -0.1) is 11.3 Å². The van der Waals surface area contributed by atoms with Crippen LogP contribution in [0.2, 0.25) is 0 Å². The molecule has 1 unspecified atom stereocenters. The third kappa shape index (κ3) is 4.44. The number of aromatic nitrogens is 1. The molecular formula is C14H25N3OS. The first-order valence-corrected chi connectivity index (χ1v) is 8.10. The van der Waals surface area contributed by atoms with Crippen molar-refractivity contribution in [2.24, 2.45) is 0 Å². The zero-order valence-corrected chi connectivity index (χ0v) is 12.8. The van der Waals surface area contributed by atoms with E-state index in [1.165, 1.54) is 30.8 Å². The average Bonchev–Trinajstić information content (AvgIpc) is 2.77. The first-order chi connectivity index (χ1) is 9.31. The molecule has 1 atom stereocenters. The average molecular weight is 283 g/mol. The number of rotatable bonds is 6. The molecule has 1 aliphatic heterocycles. The molecule has 1 aromatic heterocycles. The molecular weight excluding hydrogens is 258 g/mol. The maximum absolute atomic E-state index is 5.02. The maximum Gasteiger partial charge on any atom is 0.185 e. The fraction of sp³-hybridized carbons (Fsp3) is 0.786. The summed E-state index contributed by atoms with van der Waals surface area (Å²) in [6, 6.07) is 0.628. The molecule has 108 valence electrons. The summed E-state index contributed by atoms with van der Waals surface area (Å²) in [6.07, 6.45) is 5.30. The van der Waals surface area contributed by atoms with Gasteiger partial charge in [0.15, 0.2) is 5.13 Å². The molecule has 2 heterocycles. The van der Waals surface area contributed by atoms with Crippen molar-refractivity contribution in [3.05, 3.63) is 11.1 Å². The van der Waals surface area contributed by atoms with Gasteiger partial charge in [0.2, 0.25) is 0 Å². The van der Waals surface area contributed by atoms with Crippen molar-refractivity contribution in [2.75, 3.05) is 31.7 Å². The number of nitrogens with one attached hydrogen (secondary N) is 1. The molecule has 0 spiro atoms. The number of anilines is 1. The second-order valence-corrected chi connectivity index (χ2v) is 6.02. The van der Waals surface area contributed by atoms with Gasteiger partial charge < -0.3 is 15.0 Å². The topological polar surface area (TPSA) is 37.4 Å². The van der Waals surface area contributed by atoms with Gasteiger partial charge in [-0.1, -0.05) is 12.8 Å². The molecule has 1 fully saturated rings. The summed E-state index contributed by atoms with van der Waals surface area (Å²) < 4.78 is 5.02. The summed E-state index contributed by atoms with van der Waals surface area (Å²) >= 11 is 1.78. The number of nitrogens with zero attached hydrogens (tertiary/aromatic N) is 2. The Morgan fingerprint density at radius 1 is 1.47 bits per heavy atom. The van der Waals surface area contributed by atoms with Crippen LogP contribution in [0.15, 0.2) is 5.38 Å². The van der Waals surface area contributed by atoms with Crippen LogP contribution in [0.4, 0.5) is 5.13 Å². The van der Waals surface area contributed by atoms with E-state index in [1.807, 2.05) is 0 Å². The van der Waals surface area contributed by atoms with Gasteiger partial charge in [-0.05, 0) is 19.8 Å². The van der Waals surface area contributed by atoms with E-state index >= 15 is 0 Å². The van der Waals surface area contributed by atoms with E-state index < -0.39 is 0 Å². The second-order valence-electron chi connectivity index (χ2n) is 5.18. The van der Waals surface area contributed by atoms with Crippen LogP contribution in [-0.4, -0.2) is 37.8 Å². The van der Waals surface area contributed by atoms with Gasteiger partial charge in [0.25, 0.3) is 0 Å². The Kier molecular flexibility index (Phi) is 6.07. The highest BCUT2D eigenvalue weighted by molar-refractivity contribution is 7.13. The minimum Gasteiger partial charge on any atom is -0.383 e. The number of hydrogen-bond donors (Lipinski definition) is 1. The predicted octanol–water partition coefficient (Wildman–Crippen LogP) is 2.65. The van der Waals surface area contributed by atoms with E-state index in [2.05, 4.69) is 22.5 Å². The Labute approximate surface area is 120 Å². The normalized spacial score (nSPS) is 20.5. The molecule has 0 aromatic carbocycles. The molecule has 0 radical (unpaired) electrons. The quantitative estimate of drug-likeness (QED) is 0.815. The van der Waals surface area contributed by atoms with Crippen molar-refractivity contribution in [1.29, 1.82) is 0 Å². The highest BCUT2D eigenvalue weighted by Gasteiger charge is 2.19. The van der Waals surface area contributed by atoms with Crippen LogP contribution in [0.1, 0.15) is 38.3 Å². The Balaban J connectivity index is 1.88. The molecule has 0 saturated carbocycles. The van der Waals surface area contributed by atoms with Crippen LogP contribution in [0.5, 0.6) is 0 Å². The zero-order chi connectivity index (χ0) is 13.5. The van der Waals surface area contributed by atoms with Crippen molar-refractivity contribution < 1.29 is 4.74 Å². The molecule has 19 heavy (non-hydrogen) atoms. The predicted molar refractivity (Wildman–Crippen MR) is 81.0 cm³/mol. The van der Waals surface area contributed by atoms with Gasteiger partial charge in [0, 0.05) is 38.2 Å². The Morgan fingerprint density at radius 2 is 2.37 bits per heavy atom. The lowest BCUT2D eigenvalue weighted by molar-refractivity contribution is 0.199. The van der Waals surface area contributed by atoms with Gasteiger partial charge in [-0.2, -0.15) is 0 Å². The van der Waals surface area contributed by atoms with E-state index in [-0.39, 0.29) is 0 Å². The van der Waals surface area contributed by atoms with Gasteiger partial charge in [0.1, 0.15) is 0 Å². The van der Waals surface area contributed by atoms with Gasteiger partial charge >= 0.3 is 0 Å². The highest BCUT2D eigenvalue weighted by atomic mass is 32.1. The highest BCUT2D eigenvalue weighted by Crippen LogP contribution is 2.27. The SMILES string of the molecule is COCCNCc1csc(N2CCCCCC2C)n1. The van der Waals surface area contributed by atoms with E-state index in [4.69, 9.17) is 9.72 Å². The van der Waals surface area contributed by atoms with Crippen LogP contribution >= 0.6 is 11.3 Å². The lowest BCUT2D eigenvalue weighted by Gasteiger charge is -2.26. The summed E-state index contributed by atoms with van der Waals surface area (Å²) in [5.74, 6) is 0. The van der Waals surface area contributed by atoms with Crippen molar-refractivity contribution >= 4 is 16.5 Å². The van der Waals surface area contributed by atoms with Crippen molar-refractivity contribution in [2.45, 2.75) is 45.2 Å². The van der Waals surface area contributed by atoms with Crippen LogP contribution in [0, 0.1) is 0 Å². The summed E-state index contributed by atoms with van der Waals surface area (Å²) in [6.45, 7) is 5.94. The number of thiazole rings is 1. The molecule has 5 heteroatoms. The Morgan fingerprint density at radius 3 is 3.21 bits per heavy atom. The molecule has 0 amide bonds. The minimum absolute atomic E-state index is 0.628. The molecule has 0 bridgehead atoms. The first-order valence-electron chi connectivity index (χ1n) is 7.22. The van der Waals surface area contributed by atoms with Crippen LogP contribution in [0.3, 0.4) is 0 Å². The van der Waals surface area contributed by atoms with Crippen molar-refractivity contribution in [3.8, 4) is 0 Å². The lowest BCUT2D eigenvalue weighted by Crippen LogP contribution is -2.32.